The van der Waals surface area contributed by atoms with Gasteiger partial charge in [-0.05, 0) is 0 Å². The van der Waals surface area contributed by atoms with Gasteiger partial charge in [0.15, 0.2) is 12.6 Å². The van der Waals surface area contributed by atoms with Gasteiger partial charge in [0.25, 0.3) is 0 Å². The average molecular weight is 383 g/mol. The van der Waals surface area contributed by atoms with Crippen LogP contribution in [-0.4, -0.2) is 116 Å². The number of ether oxygens (including phenoxy) is 3. The predicted molar refractivity (Wildman–Crippen MR) is 80.2 cm³/mol. The Hall–Kier alpha value is -0.930. The largest absolute Gasteiger partial charge is 0.394 e. The number of carbonyl (C=O) groups excluding carboxylic acids is 1. The van der Waals surface area contributed by atoms with Crippen LogP contribution in [0.5, 0.6) is 0 Å². The molecule has 0 aliphatic carbocycles. The van der Waals surface area contributed by atoms with Gasteiger partial charge in [0.05, 0.1) is 13.2 Å². The number of amides is 1. The molecule has 2 rings (SSSR count). The third-order valence-electron chi connectivity index (χ3n) is 4.38. The molecule has 0 aromatic rings. The van der Waals surface area contributed by atoms with Crippen LogP contribution in [0.2, 0.25) is 0 Å². The van der Waals surface area contributed by atoms with Crippen LogP contribution in [0.1, 0.15) is 6.92 Å². The summed E-state index contributed by atoms with van der Waals surface area (Å²) in [7, 11) is 0. The van der Waals surface area contributed by atoms with E-state index in [1.54, 1.807) is 0 Å². The highest BCUT2D eigenvalue weighted by atomic mass is 16.7. The molecule has 2 saturated heterocycles. The molecule has 152 valence electrons. The molecule has 0 unspecified atom stereocenters. The number of aliphatic hydroxyl groups excluding tert-OH is 7. The van der Waals surface area contributed by atoms with E-state index in [1.165, 1.54) is 0 Å². The Morgan fingerprint density at radius 3 is 2.08 bits per heavy atom. The Bertz CT molecular complexity index is 478. The number of carbonyl (C=O) groups is 1. The van der Waals surface area contributed by atoms with E-state index in [0.717, 1.165) is 6.92 Å². The first-order valence-corrected chi connectivity index (χ1v) is 8.06. The van der Waals surface area contributed by atoms with Gasteiger partial charge in [-0.3, -0.25) is 4.79 Å². The average Bonchev–Trinajstić information content (AvgIpc) is 2.60. The van der Waals surface area contributed by atoms with Crippen LogP contribution in [0.3, 0.4) is 0 Å². The Kier molecular flexibility index (Phi) is 7.27. The zero-order chi connectivity index (χ0) is 19.6. The van der Waals surface area contributed by atoms with E-state index < -0.39 is 80.5 Å². The Labute approximate surface area is 148 Å². The van der Waals surface area contributed by atoms with E-state index in [4.69, 9.17) is 14.2 Å². The second-order valence-electron chi connectivity index (χ2n) is 6.26. The maximum Gasteiger partial charge on any atom is 0.217 e. The highest BCUT2D eigenvalue weighted by Crippen LogP contribution is 2.28. The van der Waals surface area contributed by atoms with Gasteiger partial charge in [0, 0.05) is 6.92 Å². The van der Waals surface area contributed by atoms with Gasteiger partial charge in [-0.2, -0.15) is 0 Å². The van der Waals surface area contributed by atoms with Crippen molar-refractivity contribution in [2.75, 3.05) is 13.2 Å². The maximum absolute atomic E-state index is 11.2. The monoisotopic (exact) mass is 383 g/mol. The number of hydrogen-bond acceptors (Lipinski definition) is 11. The van der Waals surface area contributed by atoms with Gasteiger partial charge in [-0.1, -0.05) is 0 Å². The second-order valence-corrected chi connectivity index (χ2v) is 6.26. The van der Waals surface area contributed by atoms with Crippen LogP contribution in [0.4, 0.5) is 0 Å². The first kappa shape index (κ1) is 21.4. The molecule has 0 saturated carbocycles. The highest BCUT2D eigenvalue weighted by molar-refractivity contribution is 5.73. The van der Waals surface area contributed by atoms with Crippen molar-refractivity contribution in [2.45, 2.75) is 68.3 Å². The quantitative estimate of drug-likeness (QED) is 0.226. The molecular formula is C14H25NO11. The van der Waals surface area contributed by atoms with Crippen molar-refractivity contribution in [2.24, 2.45) is 0 Å². The molecule has 12 nitrogen and oxygen atoms in total. The van der Waals surface area contributed by atoms with E-state index in [0.29, 0.717) is 0 Å². The van der Waals surface area contributed by atoms with Crippen LogP contribution < -0.4 is 5.32 Å². The molecule has 0 aromatic heterocycles. The summed E-state index contributed by atoms with van der Waals surface area (Å²) in [6.45, 7) is -0.195. The third kappa shape index (κ3) is 4.31. The van der Waals surface area contributed by atoms with Crippen molar-refractivity contribution in [1.82, 2.24) is 5.32 Å². The summed E-state index contributed by atoms with van der Waals surface area (Å²) in [5.74, 6) is -0.564. The molecule has 10 atom stereocenters. The molecule has 2 heterocycles. The zero-order valence-electron chi connectivity index (χ0n) is 14.0. The van der Waals surface area contributed by atoms with Crippen LogP contribution in [0.25, 0.3) is 0 Å². The number of nitrogens with one attached hydrogen (secondary N) is 1. The lowest BCUT2D eigenvalue weighted by molar-refractivity contribution is -0.345. The fourth-order valence-corrected chi connectivity index (χ4v) is 2.98. The van der Waals surface area contributed by atoms with E-state index in [2.05, 4.69) is 5.32 Å². The van der Waals surface area contributed by atoms with Crippen molar-refractivity contribution in [3.05, 3.63) is 0 Å². The normalized spacial score (nSPS) is 46.8. The summed E-state index contributed by atoms with van der Waals surface area (Å²) in [5, 5.41) is 70.7. The summed E-state index contributed by atoms with van der Waals surface area (Å²) >= 11 is 0. The number of rotatable bonds is 5. The third-order valence-corrected chi connectivity index (χ3v) is 4.38. The lowest BCUT2D eigenvalue weighted by atomic mass is 9.95. The van der Waals surface area contributed by atoms with Crippen LogP contribution in [0, 0.1) is 0 Å². The minimum absolute atomic E-state index is 0.564. The first-order chi connectivity index (χ1) is 12.2. The van der Waals surface area contributed by atoms with Crippen LogP contribution in [-0.2, 0) is 19.0 Å². The van der Waals surface area contributed by atoms with E-state index in [-0.39, 0.29) is 0 Å². The molecule has 8 N–H and O–H groups in total. The van der Waals surface area contributed by atoms with Crippen molar-refractivity contribution in [1.29, 1.82) is 0 Å². The minimum atomic E-state index is -1.73. The molecule has 0 aromatic carbocycles. The fraction of sp³-hybridized carbons (Fsp3) is 0.929. The number of hydrogen-bond donors (Lipinski definition) is 8. The fourth-order valence-electron chi connectivity index (χ4n) is 2.98. The minimum Gasteiger partial charge on any atom is -0.394 e. The molecule has 12 heteroatoms. The Morgan fingerprint density at radius 1 is 0.923 bits per heavy atom. The molecule has 0 spiro atoms. The van der Waals surface area contributed by atoms with Crippen molar-refractivity contribution in [3.8, 4) is 0 Å². The van der Waals surface area contributed by atoms with Gasteiger partial charge in [-0.25, -0.2) is 0 Å². The van der Waals surface area contributed by atoms with E-state index in [1.807, 2.05) is 0 Å². The van der Waals surface area contributed by atoms with Gasteiger partial charge in [0.1, 0.15) is 48.8 Å². The summed E-state index contributed by atoms with van der Waals surface area (Å²) in [6, 6.07) is -1.29. The van der Waals surface area contributed by atoms with E-state index >= 15 is 0 Å². The van der Waals surface area contributed by atoms with Gasteiger partial charge >= 0.3 is 0 Å². The van der Waals surface area contributed by atoms with E-state index in [9.17, 15) is 40.5 Å². The van der Waals surface area contributed by atoms with Gasteiger partial charge < -0.3 is 55.3 Å². The molecule has 2 aliphatic heterocycles. The molecule has 1 amide bonds. The Balaban J connectivity index is 2.16. The maximum atomic E-state index is 11.2. The van der Waals surface area contributed by atoms with Gasteiger partial charge in [-0.15, -0.1) is 0 Å². The van der Waals surface area contributed by atoms with Crippen molar-refractivity contribution >= 4 is 5.91 Å². The molecule has 2 fully saturated rings. The zero-order valence-corrected chi connectivity index (χ0v) is 14.0. The highest BCUT2D eigenvalue weighted by Gasteiger charge is 2.50. The SMILES string of the molecule is CC(=O)N[C@@H]1[C@@H](O)[C@H](O[C@H]2O[C@H](CO)[C@@H](O)[C@H](O)[C@H]2O)[C@@H](CO)O[C@@H]1O. The standard InChI is InChI=1S/C14H25NO11/c1-4(18)15-7-9(20)12(6(3-17)24-13(7)23)26-14-11(22)10(21)8(19)5(2-16)25-14/h5-14,16-17,19-23H,2-3H2,1H3,(H,15,18)/t5-,6-,7-,8-,9-,10+,11-,12-,13+,14-/m1/s1. The molecule has 2 aliphatic rings. The number of aliphatic hydroxyl groups is 7. The van der Waals surface area contributed by atoms with Crippen LogP contribution in [0.15, 0.2) is 0 Å². The van der Waals surface area contributed by atoms with Gasteiger partial charge in [0.2, 0.25) is 5.91 Å². The summed E-state index contributed by atoms with van der Waals surface area (Å²) < 4.78 is 15.7. The predicted octanol–water partition coefficient (Wildman–Crippen LogP) is -5.25. The lowest BCUT2D eigenvalue weighted by Crippen LogP contribution is -2.67. The van der Waals surface area contributed by atoms with Crippen molar-refractivity contribution in [3.63, 3.8) is 0 Å². The summed E-state index contributed by atoms with van der Waals surface area (Å²) in [6.07, 6.45) is -13.6. The first-order valence-electron chi connectivity index (χ1n) is 8.06. The molecule has 26 heavy (non-hydrogen) atoms. The molecular weight excluding hydrogens is 358 g/mol. The topological polar surface area (TPSA) is 198 Å². The summed E-state index contributed by atoms with van der Waals surface area (Å²) in [5.41, 5.74) is 0. The summed E-state index contributed by atoms with van der Waals surface area (Å²) in [4.78, 5) is 11.2. The molecule has 0 radical (unpaired) electrons. The Morgan fingerprint density at radius 2 is 1.54 bits per heavy atom. The van der Waals surface area contributed by atoms with Crippen molar-refractivity contribution < 1.29 is 54.8 Å². The second kappa shape index (κ2) is 8.84. The molecule has 0 bridgehead atoms. The van der Waals surface area contributed by atoms with Crippen LogP contribution >= 0.6 is 0 Å². The smallest absolute Gasteiger partial charge is 0.217 e. The lowest BCUT2D eigenvalue weighted by Gasteiger charge is -2.46.